The number of rotatable bonds is 5. The summed E-state index contributed by atoms with van der Waals surface area (Å²) >= 11 is 7.41. The van der Waals surface area contributed by atoms with Crippen LogP contribution in [0.3, 0.4) is 0 Å². The van der Waals surface area contributed by atoms with Gasteiger partial charge in [0.05, 0.1) is 9.26 Å². The van der Waals surface area contributed by atoms with E-state index in [0.717, 1.165) is 23.0 Å². The molecule has 1 aromatic carbocycles. The predicted octanol–water partition coefficient (Wildman–Crippen LogP) is 4.27. The maximum Gasteiger partial charge on any atom is 0.274 e. The van der Waals surface area contributed by atoms with Gasteiger partial charge in [0.15, 0.2) is 0 Å². The second-order valence-corrected chi connectivity index (χ2v) is 5.89. The van der Waals surface area contributed by atoms with E-state index in [4.69, 9.17) is 11.6 Å². The number of nitro benzene ring substituents is 1. The van der Waals surface area contributed by atoms with Crippen LogP contribution in [0.4, 0.5) is 11.4 Å². The van der Waals surface area contributed by atoms with E-state index >= 15 is 0 Å². The molecule has 0 atom stereocenters. The van der Waals surface area contributed by atoms with Gasteiger partial charge in [-0.15, -0.1) is 11.3 Å². The van der Waals surface area contributed by atoms with Crippen molar-refractivity contribution in [1.29, 1.82) is 0 Å². The Morgan fingerprint density at radius 1 is 1.37 bits per heavy atom. The lowest BCUT2D eigenvalue weighted by Gasteiger charge is -2.08. The lowest BCUT2D eigenvalue weighted by Crippen LogP contribution is -2.06. The SMILES string of the molecule is Cc1c(NCCc2ccc(Cl)s2)cccc1[N+](=O)[O-]. The highest BCUT2D eigenvalue weighted by Gasteiger charge is 2.12. The van der Waals surface area contributed by atoms with E-state index in [1.54, 1.807) is 24.3 Å². The molecule has 1 aromatic heterocycles. The first-order valence-electron chi connectivity index (χ1n) is 5.80. The third kappa shape index (κ3) is 3.45. The van der Waals surface area contributed by atoms with Gasteiger partial charge in [0.25, 0.3) is 5.69 Å². The van der Waals surface area contributed by atoms with E-state index in [-0.39, 0.29) is 10.6 Å². The summed E-state index contributed by atoms with van der Waals surface area (Å²) in [5.41, 5.74) is 1.61. The van der Waals surface area contributed by atoms with Crippen molar-refractivity contribution in [3.8, 4) is 0 Å². The minimum Gasteiger partial charge on any atom is -0.384 e. The van der Waals surface area contributed by atoms with Crippen LogP contribution in [0.25, 0.3) is 0 Å². The van der Waals surface area contributed by atoms with Gasteiger partial charge in [0.2, 0.25) is 0 Å². The molecule has 0 aliphatic carbocycles. The first kappa shape index (κ1) is 13.8. The third-order valence-corrected chi connectivity index (χ3v) is 4.11. The zero-order chi connectivity index (χ0) is 13.8. The van der Waals surface area contributed by atoms with Crippen molar-refractivity contribution in [1.82, 2.24) is 0 Å². The van der Waals surface area contributed by atoms with Crippen LogP contribution < -0.4 is 5.32 Å². The Balaban J connectivity index is 2.00. The molecule has 2 aromatic rings. The summed E-state index contributed by atoms with van der Waals surface area (Å²) < 4.78 is 0.779. The minimum atomic E-state index is -0.362. The standard InChI is InChI=1S/C13H13ClN2O2S/c1-9-11(3-2-4-12(9)16(17)18)15-8-7-10-5-6-13(14)19-10/h2-6,15H,7-8H2,1H3. The molecule has 0 fully saturated rings. The number of thiophene rings is 1. The van der Waals surface area contributed by atoms with Crippen LogP contribution in [-0.2, 0) is 6.42 Å². The van der Waals surface area contributed by atoms with Gasteiger partial charge < -0.3 is 5.32 Å². The quantitative estimate of drug-likeness (QED) is 0.662. The molecule has 0 saturated heterocycles. The number of benzene rings is 1. The fourth-order valence-electron chi connectivity index (χ4n) is 1.82. The molecule has 0 unspecified atom stereocenters. The average Bonchev–Trinajstić information content (AvgIpc) is 2.77. The number of hydrogen-bond acceptors (Lipinski definition) is 4. The van der Waals surface area contributed by atoms with Gasteiger partial charge in [-0.2, -0.15) is 0 Å². The number of halogens is 1. The molecule has 1 heterocycles. The van der Waals surface area contributed by atoms with Gasteiger partial charge in [0.1, 0.15) is 0 Å². The topological polar surface area (TPSA) is 55.2 Å². The van der Waals surface area contributed by atoms with Crippen LogP contribution in [0.2, 0.25) is 4.34 Å². The van der Waals surface area contributed by atoms with E-state index in [0.29, 0.717) is 5.56 Å². The number of anilines is 1. The molecule has 0 aliphatic heterocycles. The largest absolute Gasteiger partial charge is 0.384 e. The first-order chi connectivity index (χ1) is 9.08. The van der Waals surface area contributed by atoms with E-state index in [2.05, 4.69) is 5.32 Å². The highest BCUT2D eigenvalue weighted by molar-refractivity contribution is 7.16. The molecule has 0 saturated carbocycles. The average molecular weight is 297 g/mol. The lowest BCUT2D eigenvalue weighted by molar-refractivity contribution is -0.385. The van der Waals surface area contributed by atoms with Crippen molar-refractivity contribution in [3.63, 3.8) is 0 Å². The van der Waals surface area contributed by atoms with E-state index in [1.165, 1.54) is 10.9 Å². The summed E-state index contributed by atoms with van der Waals surface area (Å²) in [4.78, 5) is 11.7. The minimum absolute atomic E-state index is 0.143. The normalized spacial score (nSPS) is 10.4. The van der Waals surface area contributed by atoms with Crippen LogP contribution in [0, 0.1) is 17.0 Å². The monoisotopic (exact) mass is 296 g/mol. The van der Waals surface area contributed by atoms with Crippen molar-refractivity contribution < 1.29 is 4.92 Å². The van der Waals surface area contributed by atoms with Gasteiger partial charge in [-0.25, -0.2) is 0 Å². The second kappa shape index (κ2) is 6.04. The Labute approximate surface area is 120 Å². The van der Waals surface area contributed by atoms with Crippen LogP contribution in [0.5, 0.6) is 0 Å². The van der Waals surface area contributed by atoms with Crippen molar-refractivity contribution in [3.05, 3.63) is 55.2 Å². The van der Waals surface area contributed by atoms with Gasteiger partial charge in [-0.05, 0) is 31.5 Å². The Bertz CT molecular complexity index is 598. The van der Waals surface area contributed by atoms with Crippen molar-refractivity contribution in [2.75, 3.05) is 11.9 Å². The van der Waals surface area contributed by atoms with Crippen LogP contribution in [-0.4, -0.2) is 11.5 Å². The molecular formula is C13H13ClN2O2S. The van der Waals surface area contributed by atoms with Gasteiger partial charge in [0, 0.05) is 28.7 Å². The summed E-state index contributed by atoms with van der Waals surface area (Å²) in [7, 11) is 0. The molecule has 1 N–H and O–H groups in total. The first-order valence-corrected chi connectivity index (χ1v) is 6.99. The number of hydrogen-bond donors (Lipinski definition) is 1. The van der Waals surface area contributed by atoms with E-state index in [9.17, 15) is 10.1 Å². The number of nitrogens with zero attached hydrogens (tertiary/aromatic N) is 1. The van der Waals surface area contributed by atoms with Crippen molar-refractivity contribution in [2.45, 2.75) is 13.3 Å². The fourth-order valence-corrected chi connectivity index (χ4v) is 2.91. The highest BCUT2D eigenvalue weighted by Crippen LogP contribution is 2.25. The molecule has 0 bridgehead atoms. The summed E-state index contributed by atoms with van der Waals surface area (Å²) in [5, 5.41) is 14.1. The molecule has 0 amide bonds. The molecule has 19 heavy (non-hydrogen) atoms. The molecule has 100 valence electrons. The zero-order valence-electron chi connectivity index (χ0n) is 10.4. The van der Waals surface area contributed by atoms with Gasteiger partial charge in [-0.3, -0.25) is 10.1 Å². The Hall–Kier alpha value is -1.59. The predicted molar refractivity (Wildman–Crippen MR) is 79.4 cm³/mol. The second-order valence-electron chi connectivity index (χ2n) is 4.09. The smallest absolute Gasteiger partial charge is 0.274 e. The van der Waals surface area contributed by atoms with E-state index < -0.39 is 0 Å². The van der Waals surface area contributed by atoms with Gasteiger partial charge >= 0.3 is 0 Å². The van der Waals surface area contributed by atoms with Crippen LogP contribution in [0.1, 0.15) is 10.4 Å². The van der Waals surface area contributed by atoms with E-state index in [1.807, 2.05) is 18.2 Å². The summed E-state index contributed by atoms with van der Waals surface area (Å²) in [5.74, 6) is 0. The van der Waals surface area contributed by atoms with Crippen molar-refractivity contribution >= 4 is 34.3 Å². The highest BCUT2D eigenvalue weighted by atomic mass is 35.5. The maximum absolute atomic E-state index is 10.8. The zero-order valence-corrected chi connectivity index (χ0v) is 11.9. The maximum atomic E-state index is 10.8. The van der Waals surface area contributed by atoms with Crippen LogP contribution >= 0.6 is 22.9 Å². The molecule has 6 heteroatoms. The summed E-state index contributed by atoms with van der Waals surface area (Å²) in [6.07, 6.45) is 0.847. The molecular weight excluding hydrogens is 284 g/mol. The lowest BCUT2D eigenvalue weighted by atomic mass is 10.1. The molecule has 2 rings (SSSR count). The summed E-state index contributed by atoms with van der Waals surface area (Å²) in [6.45, 7) is 2.47. The Morgan fingerprint density at radius 3 is 2.79 bits per heavy atom. The number of nitro groups is 1. The summed E-state index contributed by atoms with van der Waals surface area (Å²) in [6, 6.07) is 8.92. The molecule has 0 radical (unpaired) electrons. The third-order valence-electron chi connectivity index (χ3n) is 2.82. The molecule has 0 aliphatic rings. The van der Waals surface area contributed by atoms with Crippen molar-refractivity contribution in [2.24, 2.45) is 0 Å². The fraction of sp³-hybridized carbons (Fsp3) is 0.231. The molecule has 4 nitrogen and oxygen atoms in total. The number of nitrogens with one attached hydrogen (secondary N) is 1. The Morgan fingerprint density at radius 2 is 2.16 bits per heavy atom. The van der Waals surface area contributed by atoms with Gasteiger partial charge in [-0.1, -0.05) is 17.7 Å². The Kier molecular flexibility index (Phi) is 4.39. The van der Waals surface area contributed by atoms with Crippen LogP contribution in [0.15, 0.2) is 30.3 Å². The molecule has 0 spiro atoms.